The number of benzene rings is 2. The highest BCUT2D eigenvalue weighted by Crippen LogP contribution is 2.39. The maximum absolute atomic E-state index is 13.2. The molecule has 2 fully saturated rings. The number of likely N-dealkylation sites (tertiary alicyclic amines) is 1. The Labute approximate surface area is 208 Å². The molecule has 0 bridgehead atoms. The number of nitrogens with zero attached hydrogens (tertiary/aromatic N) is 2. The molecule has 2 aliphatic heterocycles. The maximum atomic E-state index is 13.2. The Morgan fingerprint density at radius 3 is 2.32 bits per heavy atom. The average molecular weight is 528 g/mol. The lowest BCUT2D eigenvalue weighted by atomic mass is 9.95. The molecule has 0 unspecified atom stereocenters. The summed E-state index contributed by atoms with van der Waals surface area (Å²) in [5.41, 5.74) is 1.37. The number of ketones is 1. The van der Waals surface area contributed by atoms with E-state index in [2.05, 4.69) is 26.1 Å². The second-order valence-corrected chi connectivity index (χ2v) is 9.74. The number of Topliss-reactive ketones (excluding diaryl/α,β-unsaturated/α-hetero) is 1. The van der Waals surface area contributed by atoms with E-state index in [1.54, 1.807) is 29.2 Å². The van der Waals surface area contributed by atoms with Crippen LogP contribution in [0.4, 0.5) is 0 Å². The molecule has 180 valence electrons. The van der Waals surface area contributed by atoms with Crippen molar-refractivity contribution in [3.63, 3.8) is 0 Å². The Morgan fingerprint density at radius 2 is 1.71 bits per heavy atom. The minimum Gasteiger partial charge on any atom is -0.507 e. The van der Waals surface area contributed by atoms with Gasteiger partial charge in [0.2, 0.25) is 0 Å². The van der Waals surface area contributed by atoms with Gasteiger partial charge in [-0.15, -0.1) is 0 Å². The van der Waals surface area contributed by atoms with Crippen molar-refractivity contribution in [3.05, 3.63) is 69.7 Å². The third-order valence-corrected chi connectivity index (χ3v) is 6.62. The summed E-state index contributed by atoms with van der Waals surface area (Å²) < 4.78 is 6.58. The van der Waals surface area contributed by atoms with Gasteiger partial charge in [-0.25, -0.2) is 0 Å². The highest BCUT2D eigenvalue weighted by Gasteiger charge is 2.46. The third kappa shape index (κ3) is 5.35. The molecule has 1 amide bonds. The predicted molar refractivity (Wildman–Crippen MR) is 135 cm³/mol. The molecule has 0 aliphatic carbocycles. The Bertz CT molecular complexity index is 1060. The molecule has 2 heterocycles. The fourth-order valence-corrected chi connectivity index (χ4v) is 4.67. The number of piperazine rings is 1. The van der Waals surface area contributed by atoms with Gasteiger partial charge in [0.05, 0.1) is 17.7 Å². The number of hydrogen-bond acceptors (Lipinski definition) is 6. The van der Waals surface area contributed by atoms with Gasteiger partial charge >= 0.3 is 0 Å². The molecule has 2 aliphatic rings. The van der Waals surface area contributed by atoms with Gasteiger partial charge in [0.15, 0.2) is 0 Å². The normalized spacial score (nSPS) is 20.8. The number of nitrogens with one attached hydrogen (secondary N) is 1. The fraction of sp³-hybridized carbons (Fsp3) is 0.385. The van der Waals surface area contributed by atoms with Crippen LogP contribution in [0.2, 0.25) is 0 Å². The Kier molecular flexibility index (Phi) is 7.70. The number of carbonyl (C=O) groups is 2. The lowest BCUT2D eigenvalue weighted by Crippen LogP contribution is -2.46. The van der Waals surface area contributed by atoms with Crippen LogP contribution in [0.3, 0.4) is 0 Å². The Morgan fingerprint density at radius 1 is 1.06 bits per heavy atom. The van der Waals surface area contributed by atoms with Crippen molar-refractivity contribution in [2.45, 2.75) is 26.0 Å². The van der Waals surface area contributed by atoms with E-state index < -0.39 is 17.7 Å². The molecular formula is C26H30BrN3O4. The monoisotopic (exact) mass is 527 g/mol. The van der Waals surface area contributed by atoms with E-state index in [1.807, 2.05) is 38.1 Å². The van der Waals surface area contributed by atoms with Crippen LogP contribution in [0.1, 0.15) is 31.0 Å². The van der Waals surface area contributed by atoms with Crippen LogP contribution < -0.4 is 10.1 Å². The van der Waals surface area contributed by atoms with Crippen LogP contribution in [0, 0.1) is 0 Å². The highest BCUT2D eigenvalue weighted by molar-refractivity contribution is 9.10. The van der Waals surface area contributed by atoms with Crippen molar-refractivity contribution in [2.24, 2.45) is 0 Å². The van der Waals surface area contributed by atoms with Crippen LogP contribution in [0.5, 0.6) is 5.75 Å². The standard InChI is InChI=1S/C26H30BrN3O4/c1-17(2)34-21-9-5-19(6-10-21)24(31)22-23(18-3-7-20(27)8-4-18)30(26(33)25(22)32)16-15-29-13-11-28-12-14-29/h3-10,17,23,28,31H,11-16H2,1-2H3/t23-/m0/s1. The zero-order valence-corrected chi connectivity index (χ0v) is 21.0. The molecule has 8 heteroatoms. The van der Waals surface area contributed by atoms with E-state index in [-0.39, 0.29) is 17.4 Å². The summed E-state index contributed by atoms with van der Waals surface area (Å²) in [7, 11) is 0. The first-order chi connectivity index (χ1) is 16.3. The van der Waals surface area contributed by atoms with Crippen molar-refractivity contribution in [1.82, 2.24) is 15.1 Å². The summed E-state index contributed by atoms with van der Waals surface area (Å²) in [5, 5.41) is 14.5. The van der Waals surface area contributed by atoms with Crippen LogP contribution in [-0.4, -0.2) is 72.0 Å². The van der Waals surface area contributed by atoms with E-state index in [0.717, 1.165) is 36.2 Å². The van der Waals surface area contributed by atoms with Crippen molar-refractivity contribution >= 4 is 33.4 Å². The molecule has 2 aromatic carbocycles. The second kappa shape index (κ2) is 10.7. The zero-order chi connectivity index (χ0) is 24.2. The van der Waals surface area contributed by atoms with Crippen LogP contribution in [-0.2, 0) is 9.59 Å². The number of aliphatic hydroxyl groups is 1. The molecule has 2 N–H and O–H groups in total. The van der Waals surface area contributed by atoms with Gasteiger partial charge in [0.25, 0.3) is 11.7 Å². The lowest BCUT2D eigenvalue weighted by Gasteiger charge is -2.31. The summed E-state index contributed by atoms with van der Waals surface area (Å²) in [6.07, 6.45) is 0.0258. The summed E-state index contributed by atoms with van der Waals surface area (Å²) in [4.78, 5) is 30.2. The van der Waals surface area contributed by atoms with Gasteiger partial charge in [-0.3, -0.25) is 14.5 Å². The summed E-state index contributed by atoms with van der Waals surface area (Å²) >= 11 is 3.45. The van der Waals surface area contributed by atoms with Crippen LogP contribution >= 0.6 is 15.9 Å². The first kappa shape index (κ1) is 24.4. The van der Waals surface area contributed by atoms with Crippen molar-refractivity contribution in [3.8, 4) is 5.75 Å². The van der Waals surface area contributed by atoms with E-state index in [1.165, 1.54) is 0 Å². The predicted octanol–water partition coefficient (Wildman–Crippen LogP) is 3.56. The van der Waals surface area contributed by atoms with Gasteiger partial charge in [0, 0.05) is 49.3 Å². The van der Waals surface area contributed by atoms with Gasteiger partial charge < -0.3 is 20.1 Å². The number of rotatable bonds is 7. The van der Waals surface area contributed by atoms with Gasteiger partial charge in [-0.05, 0) is 55.8 Å². The van der Waals surface area contributed by atoms with Crippen molar-refractivity contribution in [2.75, 3.05) is 39.3 Å². The highest BCUT2D eigenvalue weighted by atomic mass is 79.9. The molecule has 0 spiro atoms. The third-order valence-electron chi connectivity index (χ3n) is 6.09. The topological polar surface area (TPSA) is 82.1 Å². The largest absolute Gasteiger partial charge is 0.507 e. The van der Waals surface area contributed by atoms with E-state index in [0.29, 0.717) is 24.4 Å². The zero-order valence-electron chi connectivity index (χ0n) is 19.5. The summed E-state index contributed by atoms with van der Waals surface area (Å²) in [5.74, 6) is -0.739. The van der Waals surface area contributed by atoms with Crippen molar-refractivity contribution < 1.29 is 19.4 Å². The number of aliphatic hydroxyl groups excluding tert-OH is 1. The van der Waals surface area contributed by atoms with Gasteiger partial charge in [-0.2, -0.15) is 0 Å². The molecule has 2 saturated heterocycles. The van der Waals surface area contributed by atoms with Crippen molar-refractivity contribution in [1.29, 1.82) is 0 Å². The molecule has 7 nitrogen and oxygen atoms in total. The molecule has 2 aromatic rings. The maximum Gasteiger partial charge on any atom is 0.295 e. The molecule has 1 atom stereocenters. The molecular weight excluding hydrogens is 498 g/mol. The number of halogens is 1. The Hall–Kier alpha value is -2.68. The quantitative estimate of drug-likeness (QED) is 0.325. The van der Waals surface area contributed by atoms with E-state index >= 15 is 0 Å². The second-order valence-electron chi connectivity index (χ2n) is 8.83. The van der Waals surface area contributed by atoms with Crippen LogP contribution in [0.25, 0.3) is 5.76 Å². The molecule has 4 rings (SSSR count). The summed E-state index contributed by atoms with van der Waals surface area (Å²) in [6.45, 7) is 8.57. The SMILES string of the molecule is CC(C)Oc1ccc(C(O)=C2C(=O)C(=O)N(CCN3CCNCC3)[C@H]2c2ccc(Br)cc2)cc1. The lowest BCUT2D eigenvalue weighted by molar-refractivity contribution is -0.140. The number of amides is 1. The number of ether oxygens (including phenoxy) is 1. The smallest absolute Gasteiger partial charge is 0.295 e. The first-order valence-electron chi connectivity index (χ1n) is 11.6. The molecule has 0 aromatic heterocycles. The first-order valence-corrected chi connectivity index (χ1v) is 12.4. The molecule has 34 heavy (non-hydrogen) atoms. The minimum absolute atomic E-state index is 0.0258. The van der Waals surface area contributed by atoms with Gasteiger partial charge in [0.1, 0.15) is 11.5 Å². The summed E-state index contributed by atoms with van der Waals surface area (Å²) in [6, 6.07) is 13.8. The van der Waals surface area contributed by atoms with Gasteiger partial charge in [-0.1, -0.05) is 28.1 Å². The van der Waals surface area contributed by atoms with Crippen LogP contribution in [0.15, 0.2) is 58.6 Å². The number of hydrogen-bond donors (Lipinski definition) is 2. The average Bonchev–Trinajstić information content (AvgIpc) is 3.08. The fourth-order valence-electron chi connectivity index (χ4n) is 4.41. The molecule has 0 radical (unpaired) electrons. The number of carbonyl (C=O) groups excluding carboxylic acids is 2. The Balaban J connectivity index is 1.69. The van der Waals surface area contributed by atoms with E-state index in [4.69, 9.17) is 4.74 Å². The minimum atomic E-state index is -0.659. The van der Waals surface area contributed by atoms with E-state index in [9.17, 15) is 14.7 Å². The molecule has 0 saturated carbocycles.